The maximum atomic E-state index is 6.28. The molecule has 108 valence electrons. The van der Waals surface area contributed by atoms with Gasteiger partial charge in [0.05, 0.1) is 12.8 Å². The zero-order valence-corrected chi connectivity index (χ0v) is 13.4. The third-order valence-corrected chi connectivity index (χ3v) is 4.59. The van der Waals surface area contributed by atoms with Crippen molar-refractivity contribution < 1.29 is 4.74 Å². The minimum absolute atomic E-state index is 0.340. The Balaban J connectivity index is 2.41. The largest absolute Gasteiger partial charge is 0.497 e. The minimum atomic E-state index is -0.340. The van der Waals surface area contributed by atoms with Crippen molar-refractivity contribution in [3.05, 3.63) is 34.8 Å². The predicted octanol–water partition coefficient (Wildman–Crippen LogP) is 3.97. The average Bonchev–Trinajstić information content (AvgIpc) is 2.83. The fourth-order valence-electron chi connectivity index (χ4n) is 2.12. The first-order chi connectivity index (χ1) is 9.45. The van der Waals surface area contributed by atoms with Gasteiger partial charge in [-0.2, -0.15) is 0 Å². The van der Waals surface area contributed by atoms with Crippen LogP contribution >= 0.6 is 11.3 Å². The molecule has 20 heavy (non-hydrogen) atoms. The van der Waals surface area contributed by atoms with Crippen molar-refractivity contribution in [3.63, 3.8) is 0 Å². The molecular weight excluding hydrogens is 268 g/mol. The average molecular weight is 290 g/mol. The quantitative estimate of drug-likeness (QED) is 0.906. The van der Waals surface area contributed by atoms with E-state index in [1.54, 1.807) is 18.4 Å². The molecule has 0 saturated heterocycles. The lowest BCUT2D eigenvalue weighted by Crippen LogP contribution is -2.28. The van der Waals surface area contributed by atoms with Crippen LogP contribution in [0.5, 0.6) is 5.75 Å². The Morgan fingerprint density at radius 1 is 1.25 bits per heavy atom. The second-order valence-corrected chi connectivity index (χ2v) is 6.49. The van der Waals surface area contributed by atoms with Gasteiger partial charge in [-0.15, -0.1) is 11.3 Å². The van der Waals surface area contributed by atoms with Crippen LogP contribution in [0.1, 0.15) is 37.8 Å². The molecule has 0 fully saturated rings. The van der Waals surface area contributed by atoms with E-state index in [4.69, 9.17) is 15.5 Å². The molecule has 1 aromatic carbocycles. The highest BCUT2D eigenvalue weighted by molar-refractivity contribution is 7.15. The highest BCUT2D eigenvalue weighted by atomic mass is 32.1. The fourth-order valence-corrected chi connectivity index (χ4v) is 3.25. The number of ether oxygens (including phenoxy) is 1. The number of nitrogens with zero attached hydrogens (tertiary/aromatic N) is 1. The molecule has 0 bridgehead atoms. The molecular formula is C16H22N2OS. The van der Waals surface area contributed by atoms with Crippen LogP contribution in [0.3, 0.4) is 0 Å². The molecule has 0 aliphatic heterocycles. The van der Waals surface area contributed by atoms with E-state index in [1.165, 1.54) is 4.88 Å². The van der Waals surface area contributed by atoms with Crippen LogP contribution in [0, 0.1) is 0 Å². The summed E-state index contributed by atoms with van der Waals surface area (Å²) in [7, 11) is 1.67. The summed E-state index contributed by atoms with van der Waals surface area (Å²) in [6.45, 7) is 6.24. The maximum Gasteiger partial charge on any atom is 0.123 e. The molecule has 0 aliphatic rings. The summed E-state index contributed by atoms with van der Waals surface area (Å²) in [6, 6.07) is 8.01. The van der Waals surface area contributed by atoms with Crippen molar-refractivity contribution in [2.45, 2.75) is 39.2 Å². The first-order valence-corrected chi connectivity index (χ1v) is 7.71. The molecule has 2 rings (SSSR count). The monoisotopic (exact) mass is 290 g/mol. The van der Waals surface area contributed by atoms with Crippen molar-refractivity contribution in [1.29, 1.82) is 0 Å². The number of hydrogen-bond donors (Lipinski definition) is 1. The summed E-state index contributed by atoms with van der Waals surface area (Å²) in [5.41, 5.74) is 8.18. The topological polar surface area (TPSA) is 48.1 Å². The molecule has 0 aliphatic carbocycles. The molecule has 2 N–H and O–H groups in total. The van der Waals surface area contributed by atoms with E-state index in [0.717, 1.165) is 34.9 Å². The molecule has 0 spiro atoms. The number of aromatic nitrogens is 1. The first kappa shape index (κ1) is 15.0. The van der Waals surface area contributed by atoms with Crippen molar-refractivity contribution in [2.75, 3.05) is 7.11 Å². The van der Waals surface area contributed by atoms with E-state index in [9.17, 15) is 0 Å². The molecule has 0 saturated carbocycles. The Morgan fingerprint density at radius 2 is 1.90 bits per heavy atom. The van der Waals surface area contributed by atoms with Crippen LogP contribution in [0.4, 0.5) is 0 Å². The van der Waals surface area contributed by atoms with Crippen LogP contribution in [-0.4, -0.2) is 12.1 Å². The number of methoxy groups -OCH3 is 1. The van der Waals surface area contributed by atoms with Crippen LogP contribution in [0.15, 0.2) is 24.3 Å². The Morgan fingerprint density at radius 3 is 2.40 bits per heavy atom. The highest BCUT2D eigenvalue weighted by Crippen LogP contribution is 2.34. The zero-order chi connectivity index (χ0) is 14.8. The van der Waals surface area contributed by atoms with Crippen LogP contribution < -0.4 is 10.5 Å². The summed E-state index contributed by atoms with van der Waals surface area (Å²) < 4.78 is 5.19. The van der Waals surface area contributed by atoms with Crippen molar-refractivity contribution in [2.24, 2.45) is 5.73 Å². The molecule has 0 radical (unpaired) electrons. The van der Waals surface area contributed by atoms with E-state index in [-0.39, 0.29) is 5.54 Å². The van der Waals surface area contributed by atoms with Gasteiger partial charge in [0.2, 0.25) is 0 Å². The lowest BCUT2D eigenvalue weighted by molar-refractivity contribution is 0.415. The van der Waals surface area contributed by atoms with Gasteiger partial charge >= 0.3 is 0 Å². The van der Waals surface area contributed by atoms with Crippen molar-refractivity contribution in [3.8, 4) is 16.3 Å². The molecule has 4 heteroatoms. The molecule has 2 aromatic rings. The Bertz CT molecular complexity index is 567. The standard InChI is InChI=1S/C16H22N2OS/c1-5-6-13-14(16(2,3)17)20-15(18-13)11-7-9-12(19-4)10-8-11/h7-10H,5-6,17H2,1-4H3. The van der Waals surface area contributed by atoms with E-state index in [2.05, 4.69) is 6.92 Å². The Hall–Kier alpha value is -1.39. The summed E-state index contributed by atoms with van der Waals surface area (Å²) in [5, 5.41) is 1.03. The second kappa shape index (κ2) is 5.94. The van der Waals surface area contributed by atoms with Gasteiger partial charge in [0.1, 0.15) is 10.8 Å². The molecule has 1 heterocycles. The van der Waals surface area contributed by atoms with Gasteiger partial charge in [-0.3, -0.25) is 0 Å². The van der Waals surface area contributed by atoms with E-state index in [0.29, 0.717) is 0 Å². The zero-order valence-electron chi connectivity index (χ0n) is 12.6. The molecule has 3 nitrogen and oxygen atoms in total. The Kier molecular flexibility index (Phi) is 4.45. The molecule has 1 aromatic heterocycles. The summed E-state index contributed by atoms with van der Waals surface area (Å²) in [6.07, 6.45) is 2.05. The third-order valence-electron chi connectivity index (χ3n) is 3.11. The van der Waals surface area contributed by atoms with Gasteiger partial charge in [-0.05, 0) is 44.5 Å². The lowest BCUT2D eigenvalue weighted by Gasteiger charge is -2.17. The smallest absolute Gasteiger partial charge is 0.123 e. The normalized spacial score (nSPS) is 11.7. The van der Waals surface area contributed by atoms with Crippen LogP contribution in [0.2, 0.25) is 0 Å². The van der Waals surface area contributed by atoms with Gasteiger partial charge in [-0.25, -0.2) is 4.98 Å². The van der Waals surface area contributed by atoms with Gasteiger partial charge in [-0.1, -0.05) is 13.3 Å². The van der Waals surface area contributed by atoms with E-state index in [1.807, 2.05) is 38.1 Å². The second-order valence-electron chi connectivity index (χ2n) is 5.50. The summed E-state index contributed by atoms with van der Waals surface area (Å²) in [5.74, 6) is 0.860. The highest BCUT2D eigenvalue weighted by Gasteiger charge is 2.23. The number of hydrogen-bond acceptors (Lipinski definition) is 4. The SMILES string of the molecule is CCCc1nc(-c2ccc(OC)cc2)sc1C(C)(C)N. The van der Waals surface area contributed by atoms with Crippen molar-refractivity contribution >= 4 is 11.3 Å². The summed E-state index contributed by atoms with van der Waals surface area (Å²) >= 11 is 1.70. The van der Waals surface area contributed by atoms with Gasteiger partial charge in [0, 0.05) is 16.0 Å². The maximum absolute atomic E-state index is 6.28. The number of benzene rings is 1. The van der Waals surface area contributed by atoms with E-state index >= 15 is 0 Å². The Labute approximate surface area is 124 Å². The lowest BCUT2D eigenvalue weighted by atomic mass is 10.0. The summed E-state index contributed by atoms with van der Waals surface area (Å²) in [4.78, 5) is 5.98. The number of aryl methyl sites for hydroxylation is 1. The van der Waals surface area contributed by atoms with Gasteiger partial charge in [0.25, 0.3) is 0 Å². The van der Waals surface area contributed by atoms with Crippen LogP contribution in [-0.2, 0) is 12.0 Å². The van der Waals surface area contributed by atoms with Gasteiger partial charge < -0.3 is 10.5 Å². The fraction of sp³-hybridized carbons (Fsp3) is 0.438. The van der Waals surface area contributed by atoms with E-state index < -0.39 is 0 Å². The number of nitrogens with two attached hydrogens (primary N) is 1. The van der Waals surface area contributed by atoms with Crippen molar-refractivity contribution in [1.82, 2.24) is 4.98 Å². The third kappa shape index (κ3) is 3.19. The predicted molar refractivity (Wildman–Crippen MR) is 85.3 cm³/mol. The number of thiazole rings is 1. The molecule has 0 unspecified atom stereocenters. The number of rotatable bonds is 5. The van der Waals surface area contributed by atoms with Crippen LogP contribution in [0.25, 0.3) is 10.6 Å². The molecule has 0 amide bonds. The minimum Gasteiger partial charge on any atom is -0.497 e. The van der Waals surface area contributed by atoms with Gasteiger partial charge in [0.15, 0.2) is 0 Å². The first-order valence-electron chi connectivity index (χ1n) is 6.89. The molecule has 0 atom stereocenters.